The first-order valence-electron chi connectivity index (χ1n) is 9.24. The summed E-state index contributed by atoms with van der Waals surface area (Å²) in [5.41, 5.74) is 2.70. The molecule has 2 aliphatic rings. The van der Waals surface area contributed by atoms with Crippen molar-refractivity contribution in [1.82, 2.24) is 19.7 Å². The lowest BCUT2D eigenvalue weighted by Crippen LogP contribution is -2.28. The lowest BCUT2D eigenvalue weighted by atomic mass is 9.98. The molecule has 2 aliphatic heterocycles. The van der Waals surface area contributed by atoms with Crippen LogP contribution in [-0.2, 0) is 17.9 Å². The number of hydrogen-bond acceptors (Lipinski definition) is 4. The van der Waals surface area contributed by atoms with Gasteiger partial charge in [-0.15, -0.1) is 0 Å². The highest BCUT2D eigenvalue weighted by molar-refractivity contribution is 5.78. The first kappa shape index (κ1) is 16.1. The van der Waals surface area contributed by atoms with E-state index in [1.165, 1.54) is 11.3 Å². The van der Waals surface area contributed by atoms with E-state index in [4.69, 9.17) is 0 Å². The third-order valence-corrected chi connectivity index (χ3v) is 5.40. The van der Waals surface area contributed by atoms with Crippen molar-refractivity contribution in [3.05, 3.63) is 42.0 Å². The predicted octanol–water partition coefficient (Wildman–Crippen LogP) is 2.41. The number of carbonyl (C=O) groups is 1. The number of carbonyl (C=O) groups excluding carboxylic acids is 1. The molecule has 0 saturated carbocycles. The molecule has 6 nitrogen and oxygen atoms in total. The predicted molar refractivity (Wildman–Crippen MR) is 96.4 cm³/mol. The summed E-state index contributed by atoms with van der Waals surface area (Å²) in [5.74, 6) is 1.80. The Morgan fingerprint density at radius 3 is 2.92 bits per heavy atom. The molecule has 1 saturated heterocycles. The SMILES string of the molecule is CCn1ncnc1CN1CC(CCN2CCCC2=O)c2ccccc21. The smallest absolute Gasteiger partial charge is 0.222 e. The van der Waals surface area contributed by atoms with Gasteiger partial charge in [0.05, 0.1) is 6.54 Å². The van der Waals surface area contributed by atoms with E-state index >= 15 is 0 Å². The van der Waals surface area contributed by atoms with Crippen molar-refractivity contribution in [1.29, 1.82) is 0 Å². The lowest BCUT2D eigenvalue weighted by Gasteiger charge is -2.21. The van der Waals surface area contributed by atoms with Gasteiger partial charge in [-0.05, 0) is 31.4 Å². The Bertz CT molecular complexity index is 756. The number of amides is 1. The summed E-state index contributed by atoms with van der Waals surface area (Å²) in [6, 6.07) is 8.65. The molecular formula is C19H25N5O. The molecule has 0 aliphatic carbocycles. The number of aromatic nitrogens is 3. The summed E-state index contributed by atoms with van der Waals surface area (Å²) in [7, 11) is 0. The summed E-state index contributed by atoms with van der Waals surface area (Å²) in [4.78, 5) is 20.7. The first-order chi connectivity index (χ1) is 12.3. The minimum atomic E-state index is 0.319. The van der Waals surface area contributed by atoms with Gasteiger partial charge in [0, 0.05) is 44.2 Å². The molecule has 1 unspecified atom stereocenters. The second-order valence-electron chi connectivity index (χ2n) is 6.90. The Balaban J connectivity index is 1.48. The quantitative estimate of drug-likeness (QED) is 0.811. The van der Waals surface area contributed by atoms with Crippen LogP contribution in [0.25, 0.3) is 0 Å². The highest BCUT2D eigenvalue weighted by Crippen LogP contribution is 2.38. The maximum Gasteiger partial charge on any atom is 0.222 e. The van der Waals surface area contributed by atoms with E-state index in [0.717, 1.165) is 57.8 Å². The molecule has 0 bridgehead atoms. The summed E-state index contributed by atoms with van der Waals surface area (Å²) in [6.07, 6.45) is 4.40. The highest BCUT2D eigenvalue weighted by Gasteiger charge is 2.30. The maximum atomic E-state index is 11.9. The van der Waals surface area contributed by atoms with Crippen LogP contribution in [0.2, 0.25) is 0 Å². The van der Waals surface area contributed by atoms with E-state index in [0.29, 0.717) is 11.8 Å². The summed E-state index contributed by atoms with van der Waals surface area (Å²) in [5, 5.41) is 4.28. The van der Waals surface area contributed by atoms with Crippen LogP contribution >= 0.6 is 0 Å². The molecule has 1 fully saturated rings. The zero-order chi connectivity index (χ0) is 17.2. The van der Waals surface area contributed by atoms with Crippen LogP contribution in [0.4, 0.5) is 5.69 Å². The Kier molecular flexibility index (Phi) is 4.42. The van der Waals surface area contributed by atoms with E-state index in [9.17, 15) is 4.79 Å². The van der Waals surface area contributed by atoms with Gasteiger partial charge < -0.3 is 9.80 Å². The normalized spacial score (nSPS) is 19.7. The van der Waals surface area contributed by atoms with Gasteiger partial charge in [-0.1, -0.05) is 18.2 Å². The van der Waals surface area contributed by atoms with Crippen LogP contribution in [0.3, 0.4) is 0 Å². The molecule has 1 aromatic heterocycles. The van der Waals surface area contributed by atoms with Crippen molar-refractivity contribution in [2.24, 2.45) is 0 Å². The highest BCUT2D eigenvalue weighted by atomic mass is 16.2. The number of aryl methyl sites for hydroxylation is 1. The molecule has 4 rings (SSSR count). The van der Waals surface area contributed by atoms with Gasteiger partial charge in [0.2, 0.25) is 5.91 Å². The molecule has 1 atom stereocenters. The molecule has 1 aromatic carbocycles. The fraction of sp³-hybridized carbons (Fsp3) is 0.526. The Morgan fingerprint density at radius 2 is 2.12 bits per heavy atom. The van der Waals surface area contributed by atoms with Crippen LogP contribution in [0.5, 0.6) is 0 Å². The van der Waals surface area contributed by atoms with Gasteiger partial charge in [0.15, 0.2) is 0 Å². The maximum absolute atomic E-state index is 11.9. The van der Waals surface area contributed by atoms with Crippen molar-refractivity contribution >= 4 is 11.6 Å². The third kappa shape index (κ3) is 3.13. The minimum absolute atomic E-state index is 0.319. The zero-order valence-electron chi connectivity index (χ0n) is 14.8. The van der Waals surface area contributed by atoms with E-state index in [-0.39, 0.29) is 0 Å². The summed E-state index contributed by atoms with van der Waals surface area (Å²) < 4.78 is 1.96. The van der Waals surface area contributed by atoms with Gasteiger partial charge in [-0.3, -0.25) is 4.79 Å². The zero-order valence-corrected chi connectivity index (χ0v) is 14.8. The second-order valence-corrected chi connectivity index (χ2v) is 6.90. The van der Waals surface area contributed by atoms with E-state index in [1.807, 2.05) is 9.58 Å². The van der Waals surface area contributed by atoms with Crippen LogP contribution in [0.15, 0.2) is 30.6 Å². The fourth-order valence-electron chi connectivity index (χ4n) is 4.08. The van der Waals surface area contributed by atoms with E-state index < -0.39 is 0 Å². The Morgan fingerprint density at radius 1 is 1.24 bits per heavy atom. The topological polar surface area (TPSA) is 54.3 Å². The van der Waals surface area contributed by atoms with Crippen molar-refractivity contribution in [2.45, 2.75) is 45.2 Å². The number of hydrogen-bond donors (Lipinski definition) is 0. The fourth-order valence-corrected chi connectivity index (χ4v) is 4.08. The number of anilines is 1. The largest absolute Gasteiger partial charge is 0.363 e. The number of fused-ring (bicyclic) bond motifs is 1. The molecule has 0 spiro atoms. The molecule has 6 heteroatoms. The van der Waals surface area contributed by atoms with E-state index in [1.54, 1.807) is 6.33 Å². The summed E-state index contributed by atoms with van der Waals surface area (Å²) in [6.45, 7) is 6.49. The molecule has 0 radical (unpaired) electrons. The van der Waals surface area contributed by atoms with Gasteiger partial charge in [-0.2, -0.15) is 5.10 Å². The monoisotopic (exact) mass is 339 g/mol. The molecule has 1 amide bonds. The van der Waals surface area contributed by atoms with Gasteiger partial charge in [0.1, 0.15) is 12.2 Å². The molecule has 25 heavy (non-hydrogen) atoms. The molecule has 132 valence electrons. The standard InChI is InChI=1S/C19H25N5O/c1-2-24-18(20-14-21-24)13-23-12-15(16-6-3-4-7-17(16)23)9-11-22-10-5-8-19(22)25/h3-4,6-7,14-15H,2,5,8-13H2,1H3. The number of benzene rings is 1. The number of para-hydroxylation sites is 1. The van der Waals surface area contributed by atoms with Crippen molar-refractivity contribution in [3.8, 4) is 0 Å². The van der Waals surface area contributed by atoms with Gasteiger partial charge in [0.25, 0.3) is 0 Å². The third-order valence-electron chi connectivity index (χ3n) is 5.40. The average Bonchev–Trinajstić information content (AvgIpc) is 3.33. The number of rotatable bonds is 6. The van der Waals surface area contributed by atoms with Crippen LogP contribution in [0.1, 0.15) is 43.5 Å². The van der Waals surface area contributed by atoms with Gasteiger partial charge in [-0.25, -0.2) is 9.67 Å². The number of nitrogens with zero attached hydrogens (tertiary/aromatic N) is 5. The Labute approximate surface area is 148 Å². The molecule has 2 aromatic rings. The average molecular weight is 339 g/mol. The molecule has 3 heterocycles. The van der Waals surface area contributed by atoms with Crippen LogP contribution in [-0.4, -0.2) is 45.2 Å². The van der Waals surface area contributed by atoms with Crippen molar-refractivity contribution in [2.75, 3.05) is 24.5 Å². The minimum Gasteiger partial charge on any atom is -0.363 e. The summed E-state index contributed by atoms with van der Waals surface area (Å²) >= 11 is 0. The van der Waals surface area contributed by atoms with Crippen molar-refractivity contribution < 1.29 is 4.79 Å². The first-order valence-corrected chi connectivity index (χ1v) is 9.24. The lowest BCUT2D eigenvalue weighted by molar-refractivity contribution is -0.127. The Hall–Kier alpha value is -2.37. The second kappa shape index (κ2) is 6.86. The number of likely N-dealkylation sites (tertiary alicyclic amines) is 1. The molecule has 0 N–H and O–H groups in total. The van der Waals surface area contributed by atoms with Gasteiger partial charge >= 0.3 is 0 Å². The molecular weight excluding hydrogens is 314 g/mol. The van der Waals surface area contributed by atoms with Crippen LogP contribution in [0, 0.1) is 0 Å². The van der Waals surface area contributed by atoms with E-state index in [2.05, 4.69) is 46.2 Å². The van der Waals surface area contributed by atoms with Crippen molar-refractivity contribution in [3.63, 3.8) is 0 Å². The van der Waals surface area contributed by atoms with Crippen LogP contribution < -0.4 is 4.90 Å².